The van der Waals surface area contributed by atoms with Crippen LogP contribution in [0, 0.1) is 31.3 Å². The smallest absolute Gasteiger partial charge is 0.295 e. The van der Waals surface area contributed by atoms with E-state index in [1.54, 1.807) is 0 Å². The molecule has 0 bridgehead atoms. The minimum Gasteiger partial charge on any atom is -0.503 e. The summed E-state index contributed by atoms with van der Waals surface area (Å²) in [4.78, 5) is 25.2. The number of aromatic nitrogens is 4. The second-order valence-electron chi connectivity index (χ2n) is 7.10. The van der Waals surface area contributed by atoms with E-state index >= 15 is 0 Å². The number of carbonyl (C=O) groups is 1. The minimum atomic E-state index is -1.74. The van der Waals surface area contributed by atoms with Gasteiger partial charge in [0.15, 0.2) is 17.4 Å². The lowest BCUT2D eigenvalue weighted by Gasteiger charge is -2.12. The summed E-state index contributed by atoms with van der Waals surface area (Å²) in [6.45, 7) is 4.05. The van der Waals surface area contributed by atoms with Crippen LogP contribution in [0.15, 0.2) is 22.7 Å². The maximum Gasteiger partial charge on any atom is 0.295 e. The predicted octanol–water partition coefficient (Wildman–Crippen LogP) is 3.62. The highest BCUT2D eigenvalue weighted by Crippen LogP contribution is 2.31. The lowest BCUT2D eigenvalue weighted by molar-refractivity contribution is 0.0766. The third-order valence-corrected chi connectivity index (χ3v) is 4.86. The summed E-state index contributed by atoms with van der Waals surface area (Å²) in [5.41, 5.74) is 3.10. The Balaban J connectivity index is 1.56. The van der Waals surface area contributed by atoms with E-state index in [9.17, 15) is 23.1 Å². The van der Waals surface area contributed by atoms with Crippen LogP contribution in [0.5, 0.6) is 5.75 Å². The Morgan fingerprint density at radius 1 is 1.13 bits per heavy atom. The highest BCUT2D eigenvalue weighted by molar-refractivity contribution is 5.90. The van der Waals surface area contributed by atoms with Crippen LogP contribution in [0.2, 0.25) is 0 Å². The lowest BCUT2D eigenvalue weighted by Crippen LogP contribution is -2.27. The average Bonchev–Trinajstić information content (AvgIpc) is 3.36. The number of aryl methyl sites for hydroxylation is 2. The highest BCUT2D eigenvalue weighted by Gasteiger charge is 2.25. The van der Waals surface area contributed by atoms with Crippen molar-refractivity contribution in [2.45, 2.75) is 20.4 Å². The molecular weight excluding hydrogens is 415 g/mol. The molecule has 0 aliphatic heterocycles. The van der Waals surface area contributed by atoms with Gasteiger partial charge in [-0.15, -0.1) is 0 Å². The molecule has 4 rings (SSSR count). The number of phenols is 1. The molecule has 0 radical (unpaired) electrons. The van der Waals surface area contributed by atoms with Gasteiger partial charge in [0, 0.05) is 7.05 Å². The van der Waals surface area contributed by atoms with Crippen molar-refractivity contribution >= 4 is 16.9 Å². The van der Waals surface area contributed by atoms with Crippen LogP contribution >= 0.6 is 0 Å². The Kier molecular flexibility index (Phi) is 4.88. The number of H-pyrrole nitrogens is 1. The first kappa shape index (κ1) is 20.4. The van der Waals surface area contributed by atoms with Crippen molar-refractivity contribution in [3.63, 3.8) is 0 Å². The van der Waals surface area contributed by atoms with Gasteiger partial charge in [-0.1, -0.05) is 5.16 Å². The van der Waals surface area contributed by atoms with Gasteiger partial charge in [-0.3, -0.25) is 4.79 Å². The first-order valence-electron chi connectivity index (χ1n) is 9.07. The van der Waals surface area contributed by atoms with E-state index in [0.29, 0.717) is 11.9 Å². The van der Waals surface area contributed by atoms with E-state index in [1.807, 2.05) is 26.0 Å². The van der Waals surface area contributed by atoms with Gasteiger partial charge in [-0.05, 0) is 43.2 Å². The molecule has 160 valence electrons. The Morgan fingerprint density at radius 3 is 2.58 bits per heavy atom. The summed E-state index contributed by atoms with van der Waals surface area (Å²) in [5, 5.41) is 12.8. The Morgan fingerprint density at radius 2 is 1.84 bits per heavy atom. The number of nitrogens with one attached hydrogen (secondary N) is 1. The third-order valence-electron chi connectivity index (χ3n) is 4.86. The molecule has 0 aliphatic carbocycles. The second kappa shape index (κ2) is 7.42. The van der Waals surface area contributed by atoms with E-state index in [-0.39, 0.29) is 6.54 Å². The maximum absolute atomic E-state index is 14.1. The van der Waals surface area contributed by atoms with Crippen molar-refractivity contribution in [2.24, 2.45) is 0 Å². The number of fused-ring (bicyclic) bond motifs is 1. The van der Waals surface area contributed by atoms with E-state index in [0.717, 1.165) is 22.2 Å². The monoisotopic (exact) mass is 431 g/mol. The van der Waals surface area contributed by atoms with E-state index in [1.165, 1.54) is 11.9 Å². The Bertz CT molecular complexity index is 1290. The number of hydrogen-bond donors (Lipinski definition) is 2. The van der Waals surface area contributed by atoms with Crippen molar-refractivity contribution < 1.29 is 27.6 Å². The van der Waals surface area contributed by atoms with Gasteiger partial charge in [0.05, 0.1) is 23.1 Å². The van der Waals surface area contributed by atoms with Crippen LogP contribution in [-0.4, -0.2) is 43.1 Å². The number of hydrogen-bond acceptors (Lipinski definition) is 6. The summed E-state index contributed by atoms with van der Waals surface area (Å²) in [7, 11) is 1.48. The standard InChI is InChI=1S/C20H16F3N5O3/c1-8-4-12-13(5-9(8)2)25-14(24-12)7-28(3)20(30)18-26-19(31-27-18)10-6-11(21)16(23)17(29)15(10)22/h4-6,29H,7H2,1-3H3,(H,24,25). The van der Waals surface area contributed by atoms with Gasteiger partial charge in [0.2, 0.25) is 5.82 Å². The zero-order chi connectivity index (χ0) is 22.4. The molecule has 8 nitrogen and oxygen atoms in total. The topological polar surface area (TPSA) is 108 Å². The number of halogens is 3. The second-order valence-corrected chi connectivity index (χ2v) is 7.10. The molecule has 2 aromatic heterocycles. The van der Waals surface area contributed by atoms with Crippen molar-refractivity contribution in [2.75, 3.05) is 7.05 Å². The molecule has 1 amide bonds. The highest BCUT2D eigenvalue weighted by atomic mass is 19.2. The molecule has 11 heteroatoms. The number of carbonyl (C=O) groups excluding carboxylic acids is 1. The van der Waals surface area contributed by atoms with E-state index in [4.69, 9.17) is 4.52 Å². The SMILES string of the molecule is Cc1cc2nc(CN(C)C(=O)c3noc(-c4cc(F)c(F)c(O)c4F)n3)[nH]c2cc1C. The Hall–Kier alpha value is -3.89. The van der Waals surface area contributed by atoms with Gasteiger partial charge < -0.3 is 19.5 Å². The van der Waals surface area contributed by atoms with E-state index in [2.05, 4.69) is 20.1 Å². The fourth-order valence-corrected chi connectivity index (χ4v) is 3.03. The fourth-order valence-electron chi connectivity index (χ4n) is 3.03. The fraction of sp³-hybridized carbons (Fsp3) is 0.200. The van der Waals surface area contributed by atoms with Gasteiger partial charge in [-0.2, -0.15) is 9.37 Å². The molecule has 0 aliphatic rings. The summed E-state index contributed by atoms with van der Waals surface area (Å²) in [6.07, 6.45) is 0. The summed E-state index contributed by atoms with van der Waals surface area (Å²) in [5.74, 6) is -7.41. The molecule has 0 saturated heterocycles. The van der Waals surface area contributed by atoms with Crippen LogP contribution in [0.25, 0.3) is 22.5 Å². The van der Waals surface area contributed by atoms with Gasteiger partial charge in [0.25, 0.3) is 17.6 Å². The summed E-state index contributed by atoms with van der Waals surface area (Å²) >= 11 is 0. The molecule has 0 unspecified atom stereocenters. The molecule has 2 heterocycles. The number of aromatic hydroxyl groups is 1. The molecule has 0 spiro atoms. The average molecular weight is 431 g/mol. The molecule has 0 saturated carbocycles. The first-order chi connectivity index (χ1) is 14.7. The maximum atomic E-state index is 14.1. The molecule has 0 atom stereocenters. The third kappa shape index (κ3) is 3.58. The summed E-state index contributed by atoms with van der Waals surface area (Å²) < 4.78 is 45.6. The predicted molar refractivity (Wildman–Crippen MR) is 103 cm³/mol. The molecule has 0 fully saturated rings. The van der Waals surface area contributed by atoms with Gasteiger partial charge in [0.1, 0.15) is 5.82 Å². The number of aromatic amines is 1. The van der Waals surface area contributed by atoms with Crippen LogP contribution in [0.4, 0.5) is 13.2 Å². The largest absolute Gasteiger partial charge is 0.503 e. The summed E-state index contributed by atoms with van der Waals surface area (Å²) in [6, 6.07) is 4.35. The van der Waals surface area contributed by atoms with Gasteiger partial charge >= 0.3 is 0 Å². The molecule has 31 heavy (non-hydrogen) atoms. The molecule has 4 aromatic rings. The minimum absolute atomic E-state index is 0.0931. The van der Waals surface area contributed by atoms with E-state index < -0.39 is 46.4 Å². The number of imidazole rings is 1. The quantitative estimate of drug-likeness (QED) is 0.478. The molecular formula is C20H16F3N5O3. The van der Waals surface area contributed by atoms with Crippen molar-refractivity contribution in [1.82, 2.24) is 25.0 Å². The van der Waals surface area contributed by atoms with Crippen LogP contribution in [-0.2, 0) is 6.54 Å². The lowest BCUT2D eigenvalue weighted by atomic mass is 10.1. The van der Waals surface area contributed by atoms with Crippen molar-refractivity contribution in [1.29, 1.82) is 0 Å². The van der Waals surface area contributed by atoms with Crippen LogP contribution in [0.3, 0.4) is 0 Å². The number of benzene rings is 2. The Labute approximate surface area is 173 Å². The number of nitrogens with zero attached hydrogens (tertiary/aromatic N) is 4. The number of phenolic OH excluding ortho intramolecular Hbond substituents is 1. The van der Waals surface area contributed by atoms with Gasteiger partial charge in [-0.25, -0.2) is 13.8 Å². The number of amides is 1. The van der Waals surface area contributed by atoms with Crippen LogP contribution < -0.4 is 0 Å². The first-order valence-corrected chi connectivity index (χ1v) is 9.07. The zero-order valence-electron chi connectivity index (χ0n) is 16.6. The number of rotatable bonds is 4. The van der Waals surface area contributed by atoms with Crippen LogP contribution in [0.1, 0.15) is 27.6 Å². The van der Waals surface area contributed by atoms with Crippen molar-refractivity contribution in [3.05, 3.63) is 58.4 Å². The van der Waals surface area contributed by atoms with Crippen molar-refractivity contribution in [3.8, 4) is 17.2 Å². The zero-order valence-corrected chi connectivity index (χ0v) is 16.6. The molecule has 2 aromatic carbocycles. The normalized spacial score (nSPS) is 11.3. The molecule has 2 N–H and O–H groups in total.